The zero-order valence-corrected chi connectivity index (χ0v) is 11.6. The lowest BCUT2D eigenvalue weighted by Gasteiger charge is -2.14. The van der Waals surface area contributed by atoms with E-state index in [4.69, 9.17) is 11.5 Å². The molecule has 1 rings (SSSR count). The fourth-order valence-corrected chi connectivity index (χ4v) is 2.15. The van der Waals surface area contributed by atoms with Crippen LogP contribution in [0.5, 0.6) is 0 Å². The molecular formula is C16H27N2. The molecule has 1 radical (unpaired) electrons. The van der Waals surface area contributed by atoms with Gasteiger partial charge >= 0.3 is 0 Å². The van der Waals surface area contributed by atoms with Crippen molar-refractivity contribution in [3.8, 4) is 0 Å². The summed E-state index contributed by atoms with van der Waals surface area (Å²) in [6.07, 6.45) is 7.50. The minimum Gasteiger partial charge on any atom is -0.324 e. The first-order chi connectivity index (χ1) is 8.65. The van der Waals surface area contributed by atoms with E-state index < -0.39 is 0 Å². The van der Waals surface area contributed by atoms with E-state index in [0.717, 1.165) is 12.0 Å². The molecule has 0 aromatic heterocycles. The first-order valence-corrected chi connectivity index (χ1v) is 7.09. The van der Waals surface area contributed by atoms with Crippen LogP contribution in [0.3, 0.4) is 0 Å². The van der Waals surface area contributed by atoms with Gasteiger partial charge in [0.25, 0.3) is 0 Å². The summed E-state index contributed by atoms with van der Waals surface area (Å²) in [6, 6.07) is 8.17. The van der Waals surface area contributed by atoms with E-state index in [9.17, 15) is 0 Å². The van der Waals surface area contributed by atoms with E-state index in [2.05, 4.69) is 26.0 Å². The Morgan fingerprint density at radius 3 is 2.39 bits per heavy atom. The second-order valence-electron chi connectivity index (χ2n) is 5.09. The molecule has 0 amide bonds. The summed E-state index contributed by atoms with van der Waals surface area (Å²) in [7, 11) is 0. The molecule has 0 heterocycles. The van der Waals surface area contributed by atoms with Crippen molar-refractivity contribution >= 4 is 0 Å². The summed E-state index contributed by atoms with van der Waals surface area (Å²) >= 11 is 0. The smallest absolute Gasteiger partial charge is 0.0295 e. The van der Waals surface area contributed by atoms with E-state index in [0.29, 0.717) is 0 Å². The minimum atomic E-state index is -0.165. The molecule has 1 aromatic rings. The summed E-state index contributed by atoms with van der Waals surface area (Å²) in [5, 5.41) is 0. The van der Waals surface area contributed by atoms with Crippen molar-refractivity contribution in [1.29, 1.82) is 0 Å². The van der Waals surface area contributed by atoms with E-state index in [1.165, 1.54) is 37.7 Å². The van der Waals surface area contributed by atoms with Gasteiger partial charge in [-0.25, -0.2) is 0 Å². The van der Waals surface area contributed by atoms with E-state index >= 15 is 0 Å². The Morgan fingerprint density at radius 2 is 1.72 bits per heavy atom. The van der Waals surface area contributed by atoms with Gasteiger partial charge in [-0.3, -0.25) is 0 Å². The fraction of sp³-hybridized carbons (Fsp3) is 0.562. The summed E-state index contributed by atoms with van der Waals surface area (Å²) in [5.74, 6) is 0. The second kappa shape index (κ2) is 8.28. The number of unbranched alkanes of at least 4 members (excludes halogenated alkanes) is 4. The molecule has 2 heteroatoms. The van der Waals surface area contributed by atoms with Crippen molar-refractivity contribution in [2.24, 2.45) is 11.5 Å². The summed E-state index contributed by atoms with van der Waals surface area (Å²) < 4.78 is 0. The third kappa shape index (κ3) is 5.19. The summed E-state index contributed by atoms with van der Waals surface area (Å²) in [5.41, 5.74) is 14.2. The third-order valence-corrected chi connectivity index (χ3v) is 3.39. The highest BCUT2D eigenvalue weighted by molar-refractivity contribution is 5.28. The lowest BCUT2D eigenvalue weighted by atomic mass is 9.97. The van der Waals surface area contributed by atoms with Gasteiger partial charge in [0.15, 0.2) is 0 Å². The number of benzene rings is 1. The zero-order chi connectivity index (χ0) is 13.4. The quantitative estimate of drug-likeness (QED) is 0.685. The molecule has 2 nitrogen and oxygen atoms in total. The maximum Gasteiger partial charge on any atom is 0.0295 e. The van der Waals surface area contributed by atoms with Gasteiger partial charge in [0.2, 0.25) is 0 Å². The Morgan fingerprint density at radius 1 is 1.06 bits per heavy atom. The van der Waals surface area contributed by atoms with E-state index in [-0.39, 0.29) is 12.1 Å². The van der Waals surface area contributed by atoms with Gasteiger partial charge in [-0.15, -0.1) is 0 Å². The van der Waals surface area contributed by atoms with Crippen LogP contribution in [0.4, 0.5) is 0 Å². The van der Waals surface area contributed by atoms with Gasteiger partial charge in [-0.1, -0.05) is 63.3 Å². The lowest BCUT2D eigenvalue weighted by Crippen LogP contribution is -2.12. The van der Waals surface area contributed by atoms with Crippen LogP contribution in [-0.2, 0) is 0 Å². The molecule has 2 atom stereocenters. The van der Waals surface area contributed by atoms with Crippen LogP contribution in [0.1, 0.15) is 68.7 Å². The standard InChI is InChI=1S/C16H27N2/c1-3-4-5-6-7-11-16(18)15-10-8-9-14(12-15)13(2)17/h8-10,12-13,16H,2-7,11,17-18H2,1H3. The van der Waals surface area contributed by atoms with Crippen LogP contribution in [0.25, 0.3) is 0 Å². The van der Waals surface area contributed by atoms with Crippen LogP contribution in [0.2, 0.25) is 0 Å². The van der Waals surface area contributed by atoms with Crippen LogP contribution < -0.4 is 11.5 Å². The number of nitrogens with two attached hydrogens (primary N) is 2. The Balaban J connectivity index is 2.41. The highest BCUT2D eigenvalue weighted by Crippen LogP contribution is 2.20. The molecule has 0 saturated carbocycles. The van der Waals surface area contributed by atoms with Crippen LogP contribution in [-0.4, -0.2) is 0 Å². The molecule has 4 N–H and O–H groups in total. The molecule has 1 aromatic carbocycles. The molecule has 0 fully saturated rings. The van der Waals surface area contributed by atoms with Crippen molar-refractivity contribution in [3.63, 3.8) is 0 Å². The molecule has 0 aliphatic heterocycles. The van der Waals surface area contributed by atoms with Crippen molar-refractivity contribution in [1.82, 2.24) is 0 Å². The Kier molecular flexibility index (Phi) is 6.99. The van der Waals surface area contributed by atoms with Gasteiger partial charge in [0.05, 0.1) is 0 Å². The summed E-state index contributed by atoms with van der Waals surface area (Å²) in [6.45, 7) is 6.08. The molecule has 0 aliphatic rings. The van der Waals surface area contributed by atoms with Crippen LogP contribution >= 0.6 is 0 Å². The van der Waals surface area contributed by atoms with E-state index in [1.807, 2.05) is 12.1 Å². The monoisotopic (exact) mass is 247 g/mol. The Hall–Kier alpha value is -0.860. The average molecular weight is 247 g/mol. The largest absolute Gasteiger partial charge is 0.324 e. The maximum absolute atomic E-state index is 6.22. The second-order valence-corrected chi connectivity index (χ2v) is 5.09. The molecule has 18 heavy (non-hydrogen) atoms. The van der Waals surface area contributed by atoms with Crippen LogP contribution in [0, 0.1) is 6.92 Å². The third-order valence-electron chi connectivity index (χ3n) is 3.39. The predicted octanol–water partition coefficient (Wildman–Crippen LogP) is 3.88. The highest BCUT2D eigenvalue weighted by atomic mass is 14.6. The number of hydrogen-bond donors (Lipinski definition) is 2. The molecule has 0 bridgehead atoms. The first-order valence-electron chi connectivity index (χ1n) is 7.09. The van der Waals surface area contributed by atoms with Crippen molar-refractivity contribution < 1.29 is 0 Å². The Labute approximate surface area is 112 Å². The first kappa shape index (κ1) is 15.2. The number of hydrogen-bond acceptors (Lipinski definition) is 2. The Bertz CT molecular complexity index is 334. The summed E-state index contributed by atoms with van der Waals surface area (Å²) in [4.78, 5) is 0. The predicted molar refractivity (Wildman–Crippen MR) is 79.0 cm³/mol. The topological polar surface area (TPSA) is 52.0 Å². The molecule has 0 aliphatic carbocycles. The zero-order valence-electron chi connectivity index (χ0n) is 11.6. The van der Waals surface area contributed by atoms with Crippen molar-refractivity contribution in [3.05, 3.63) is 42.3 Å². The normalized spacial score (nSPS) is 14.4. The van der Waals surface area contributed by atoms with Gasteiger partial charge in [-0.2, -0.15) is 0 Å². The molecule has 0 spiro atoms. The lowest BCUT2D eigenvalue weighted by molar-refractivity contribution is 0.555. The molecule has 101 valence electrons. The van der Waals surface area contributed by atoms with Crippen LogP contribution in [0.15, 0.2) is 24.3 Å². The molecule has 2 unspecified atom stereocenters. The average Bonchev–Trinajstić information content (AvgIpc) is 2.38. The maximum atomic E-state index is 6.22. The van der Waals surface area contributed by atoms with Crippen molar-refractivity contribution in [2.45, 2.75) is 57.5 Å². The highest BCUT2D eigenvalue weighted by Gasteiger charge is 2.07. The van der Waals surface area contributed by atoms with Crippen molar-refractivity contribution in [2.75, 3.05) is 0 Å². The van der Waals surface area contributed by atoms with Gasteiger partial charge in [0.1, 0.15) is 0 Å². The fourth-order valence-electron chi connectivity index (χ4n) is 2.15. The molecule has 0 saturated heterocycles. The SMILES string of the molecule is [CH2]C(N)c1cccc(C(N)CCCCCCC)c1. The van der Waals surface area contributed by atoms with Gasteiger partial charge < -0.3 is 11.5 Å². The van der Waals surface area contributed by atoms with E-state index in [1.54, 1.807) is 0 Å². The number of rotatable bonds is 8. The van der Waals surface area contributed by atoms with Gasteiger partial charge in [0, 0.05) is 12.1 Å². The minimum absolute atomic E-state index is 0.130. The molecular weight excluding hydrogens is 220 g/mol. The van der Waals surface area contributed by atoms with Gasteiger partial charge in [-0.05, 0) is 24.5 Å².